The molecule has 0 aliphatic rings. The molecule has 8 heteroatoms. The second-order valence-corrected chi connectivity index (χ2v) is 5.78. The number of carbonyl (C=O) groups excluding carboxylic acids is 1. The molecule has 0 saturated carbocycles. The van der Waals surface area contributed by atoms with E-state index in [9.17, 15) is 4.79 Å². The molecule has 2 heterocycles. The number of rotatable bonds is 5. The molecule has 0 saturated heterocycles. The number of imidazole rings is 1. The van der Waals surface area contributed by atoms with Gasteiger partial charge in [0.25, 0.3) is 0 Å². The number of amides is 1. The number of fused-ring (bicyclic) bond motifs is 1. The van der Waals surface area contributed by atoms with Gasteiger partial charge in [0.05, 0.1) is 11.0 Å². The Bertz CT molecular complexity index is 811. The number of aromatic nitrogens is 4. The van der Waals surface area contributed by atoms with Gasteiger partial charge in [0.1, 0.15) is 24.0 Å². The molecule has 1 aromatic carbocycles. The van der Waals surface area contributed by atoms with E-state index in [4.69, 9.17) is 4.74 Å². The van der Waals surface area contributed by atoms with E-state index in [2.05, 4.69) is 20.5 Å². The number of aryl methyl sites for hydroxylation is 1. The molecule has 0 aliphatic carbocycles. The fraction of sp³-hybridized carbons (Fsp3) is 0.286. The van der Waals surface area contributed by atoms with Crippen LogP contribution in [-0.2, 0) is 22.7 Å². The Morgan fingerprint density at radius 2 is 2.18 bits per heavy atom. The van der Waals surface area contributed by atoms with Crippen molar-refractivity contribution in [3.05, 3.63) is 35.1 Å². The standard InChI is InChI=1S/C14H15N5O2S/c1-9-15-10-5-3-4-6-11(10)19(9)7-12(20)16-14-18-17-13(22-14)8-21-2/h3-6H,7-8H2,1-2H3,(H,16,18,20). The quantitative estimate of drug-likeness (QED) is 0.778. The van der Waals surface area contributed by atoms with Crippen LogP contribution in [0.25, 0.3) is 11.0 Å². The summed E-state index contributed by atoms with van der Waals surface area (Å²) in [5, 5.41) is 11.8. The van der Waals surface area contributed by atoms with Crippen LogP contribution in [0, 0.1) is 6.92 Å². The third-order valence-electron chi connectivity index (χ3n) is 3.13. The molecule has 1 amide bonds. The van der Waals surface area contributed by atoms with E-state index in [1.54, 1.807) is 7.11 Å². The molecule has 0 fully saturated rings. The van der Waals surface area contributed by atoms with E-state index < -0.39 is 0 Å². The number of anilines is 1. The highest BCUT2D eigenvalue weighted by molar-refractivity contribution is 7.15. The fourth-order valence-electron chi connectivity index (χ4n) is 2.18. The molecule has 2 aromatic heterocycles. The Labute approximate surface area is 131 Å². The van der Waals surface area contributed by atoms with Crippen molar-refractivity contribution in [1.82, 2.24) is 19.7 Å². The first kappa shape index (κ1) is 14.6. The van der Waals surface area contributed by atoms with Crippen LogP contribution in [0.2, 0.25) is 0 Å². The summed E-state index contributed by atoms with van der Waals surface area (Å²) >= 11 is 1.30. The van der Waals surface area contributed by atoms with Crippen LogP contribution in [0.3, 0.4) is 0 Å². The van der Waals surface area contributed by atoms with E-state index in [0.717, 1.165) is 21.9 Å². The minimum Gasteiger partial charge on any atom is -0.377 e. The second-order valence-electron chi connectivity index (χ2n) is 4.72. The number of ether oxygens (including phenoxy) is 1. The molecule has 0 unspecified atom stereocenters. The van der Waals surface area contributed by atoms with Crippen molar-refractivity contribution in [2.24, 2.45) is 0 Å². The summed E-state index contributed by atoms with van der Waals surface area (Å²) in [6, 6.07) is 7.74. The maximum atomic E-state index is 12.2. The van der Waals surface area contributed by atoms with E-state index >= 15 is 0 Å². The summed E-state index contributed by atoms with van der Waals surface area (Å²) in [5.41, 5.74) is 1.82. The van der Waals surface area contributed by atoms with Crippen molar-refractivity contribution in [3.63, 3.8) is 0 Å². The monoisotopic (exact) mass is 317 g/mol. The number of hydrogen-bond donors (Lipinski definition) is 1. The van der Waals surface area contributed by atoms with Crippen molar-refractivity contribution < 1.29 is 9.53 Å². The van der Waals surface area contributed by atoms with Crippen LogP contribution in [-0.4, -0.2) is 32.8 Å². The lowest BCUT2D eigenvalue weighted by Crippen LogP contribution is -2.19. The number of benzene rings is 1. The van der Waals surface area contributed by atoms with Gasteiger partial charge in [-0.2, -0.15) is 0 Å². The highest BCUT2D eigenvalue weighted by atomic mass is 32.1. The fourth-order valence-corrected chi connectivity index (χ4v) is 2.91. The second kappa shape index (κ2) is 6.20. The predicted molar refractivity (Wildman–Crippen MR) is 83.7 cm³/mol. The summed E-state index contributed by atoms with van der Waals surface area (Å²) < 4.78 is 6.85. The number of hydrogen-bond acceptors (Lipinski definition) is 6. The largest absolute Gasteiger partial charge is 0.377 e. The number of nitrogens with zero attached hydrogens (tertiary/aromatic N) is 4. The summed E-state index contributed by atoms with van der Waals surface area (Å²) in [5.74, 6) is 0.639. The minimum atomic E-state index is -0.161. The molecule has 0 radical (unpaired) electrons. The lowest BCUT2D eigenvalue weighted by atomic mass is 10.3. The Morgan fingerprint density at radius 1 is 1.36 bits per heavy atom. The lowest BCUT2D eigenvalue weighted by Gasteiger charge is -2.06. The molecular formula is C14H15N5O2S. The van der Waals surface area contributed by atoms with Gasteiger partial charge in [-0.05, 0) is 19.1 Å². The zero-order chi connectivity index (χ0) is 15.5. The first-order valence-electron chi connectivity index (χ1n) is 6.70. The first-order chi connectivity index (χ1) is 10.7. The third-order valence-corrected chi connectivity index (χ3v) is 3.94. The van der Waals surface area contributed by atoms with E-state index in [1.807, 2.05) is 35.8 Å². The molecular weight excluding hydrogens is 302 g/mol. The summed E-state index contributed by atoms with van der Waals surface area (Å²) in [7, 11) is 1.59. The third kappa shape index (κ3) is 2.97. The number of methoxy groups -OCH3 is 1. The molecule has 3 aromatic rings. The van der Waals surface area contributed by atoms with Crippen LogP contribution >= 0.6 is 11.3 Å². The van der Waals surface area contributed by atoms with Crippen LogP contribution in [0.15, 0.2) is 24.3 Å². The average Bonchev–Trinajstić information content (AvgIpc) is 3.05. The van der Waals surface area contributed by atoms with E-state index in [-0.39, 0.29) is 12.5 Å². The van der Waals surface area contributed by atoms with Crippen molar-refractivity contribution in [2.45, 2.75) is 20.1 Å². The van der Waals surface area contributed by atoms with Gasteiger partial charge in [0.2, 0.25) is 11.0 Å². The molecule has 7 nitrogen and oxygen atoms in total. The predicted octanol–water partition coefficient (Wildman–Crippen LogP) is 1.98. The zero-order valence-corrected chi connectivity index (χ0v) is 13.1. The summed E-state index contributed by atoms with van der Waals surface area (Å²) in [6.45, 7) is 2.46. The normalized spacial score (nSPS) is 11.0. The lowest BCUT2D eigenvalue weighted by molar-refractivity contribution is -0.116. The molecule has 0 atom stereocenters. The highest BCUT2D eigenvalue weighted by Gasteiger charge is 2.12. The van der Waals surface area contributed by atoms with Gasteiger partial charge in [0, 0.05) is 7.11 Å². The Morgan fingerprint density at radius 3 is 3.00 bits per heavy atom. The van der Waals surface area contributed by atoms with Gasteiger partial charge in [-0.25, -0.2) is 4.98 Å². The number of carbonyl (C=O) groups is 1. The van der Waals surface area contributed by atoms with Crippen molar-refractivity contribution in [3.8, 4) is 0 Å². The van der Waals surface area contributed by atoms with Crippen molar-refractivity contribution in [2.75, 3.05) is 12.4 Å². The zero-order valence-electron chi connectivity index (χ0n) is 12.2. The molecule has 22 heavy (non-hydrogen) atoms. The van der Waals surface area contributed by atoms with Crippen molar-refractivity contribution >= 4 is 33.4 Å². The molecule has 1 N–H and O–H groups in total. The Hall–Kier alpha value is -2.32. The molecule has 0 spiro atoms. The SMILES string of the molecule is COCc1nnc(NC(=O)Cn2c(C)nc3ccccc32)s1. The van der Waals surface area contributed by atoms with Gasteiger partial charge >= 0.3 is 0 Å². The van der Waals surface area contributed by atoms with Crippen LogP contribution in [0.5, 0.6) is 0 Å². The van der Waals surface area contributed by atoms with E-state index in [0.29, 0.717) is 11.7 Å². The summed E-state index contributed by atoms with van der Waals surface area (Å²) in [6.07, 6.45) is 0. The maximum Gasteiger partial charge on any atom is 0.246 e. The topological polar surface area (TPSA) is 81.9 Å². The van der Waals surface area contributed by atoms with Crippen LogP contribution in [0.1, 0.15) is 10.8 Å². The molecule has 3 rings (SSSR count). The minimum absolute atomic E-state index is 0.161. The van der Waals surface area contributed by atoms with Crippen molar-refractivity contribution in [1.29, 1.82) is 0 Å². The van der Waals surface area contributed by atoms with Gasteiger partial charge < -0.3 is 9.30 Å². The van der Waals surface area contributed by atoms with Gasteiger partial charge in [0.15, 0.2) is 0 Å². The van der Waals surface area contributed by atoms with Gasteiger partial charge in [-0.1, -0.05) is 23.5 Å². The molecule has 114 valence electrons. The highest BCUT2D eigenvalue weighted by Crippen LogP contribution is 2.18. The molecule has 0 aliphatic heterocycles. The van der Waals surface area contributed by atoms with Crippen LogP contribution in [0.4, 0.5) is 5.13 Å². The van der Waals surface area contributed by atoms with Gasteiger partial charge in [-0.3, -0.25) is 10.1 Å². The number of para-hydroxylation sites is 2. The Balaban J connectivity index is 1.74. The average molecular weight is 317 g/mol. The number of nitrogens with one attached hydrogen (secondary N) is 1. The van der Waals surface area contributed by atoms with Crippen LogP contribution < -0.4 is 5.32 Å². The molecule has 0 bridgehead atoms. The first-order valence-corrected chi connectivity index (χ1v) is 7.52. The summed E-state index contributed by atoms with van der Waals surface area (Å²) in [4.78, 5) is 16.6. The maximum absolute atomic E-state index is 12.2. The Kier molecular flexibility index (Phi) is 4.12. The van der Waals surface area contributed by atoms with E-state index in [1.165, 1.54) is 11.3 Å². The van der Waals surface area contributed by atoms with Gasteiger partial charge in [-0.15, -0.1) is 10.2 Å². The smallest absolute Gasteiger partial charge is 0.246 e.